The number of hydrogen-bond acceptors (Lipinski definition) is 3. The van der Waals surface area contributed by atoms with Gasteiger partial charge in [-0.25, -0.2) is 0 Å². The van der Waals surface area contributed by atoms with Crippen molar-refractivity contribution in [1.82, 2.24) is 19.6 Å². The zero-order chi connectivity index (χ0) is 14.7. The van der Waals surface area contributed by atoms with Crippen LogP contribution in [0, 0.1) is 13.8 Å². The maximum atomic E-state index is 4.52. The van der Waals surface area contributed by atoms with Crippen molar-refractivity contribution < 1.29 is 0 Å². The van der Waals surface area contributed by atoms with Crippen LogP contribution < -0.4 is 5.32 Å². The highest BCUT2D eigenvalue weighted by molar-refractivity contribution is 5.45. The lowest BCUT2D eigenvalue weighted by Crippen LogP contribution is -2.09. The summed E-state index contributed by atoms with van der Waals surface area (Å²) in [6.45, 7) is 12.3. The van der Waals surface area contributed by atoms with E-state index in [-0.39, 0.29) is 0 Å². The average Bonchev–Trinajstić information content (AvgIpc) is 2.91. The van der Waals surface area contributed by atoms with Gasteiger partial charge in [-0.1, -0.05) is 6.92 Å². The van der Waals surface area contributed by atoms with Gasteiger partial charge < -0.3 is 5.32 Å². The lowest BCUT2D eigenvalue weighted by molar-refractivity contribution is 0.529. The number of nitrogens with zero attached hydrogens (tertiary/aromatic N) is 4. The predicted molar refractivity (Wildman–Crippen MR) is 81.9 cm³/mol. The third-order valence-corrected chi connectivity index (χ3v) is 3.33. The fourth-order valence-electron chi connectivity index (χ4n) is 2.25. The summed E-state index contributed by atoms with van der Waals surface area (Å²) < 4.78 is 4.08. The third kappa shape index (κ3) is 3.21. The summed E-state index contributed by atoms with van der Waals surface area (Å²) in [6, 6.07) is 2.53. The van der Waals surface area contributed by atoms with Crippen molar-refractivity contribution >= 4 is 5.69 Å². The van der Waals surface area contributed by atoms with Gasteiger partial charge in [0.15, 0.2) is 0 Å². The van der Waals surface area contributed by atoms with E-state index in [9.17, 15) is 0 Å². The second-order valence-corrected chi connectivity index (χ2v) is 5.56. The molecule has 0 saturated heterocycles. The molecule has 0 saturated carbocycles. The highest BCUT2D eigenvalue weighted by Gasteiger charge is 2.09. The topological polar surface area (TPSA) is 47.7 Å². The first-order valence-corrected chi connectivity index (χ1v) is 7.34. The van der Waals surface area contributed by atoms with E-state index in [0.717, 1.165) is 36.6 Å². The third-order valence-electron chi connectivity index (χ3n) is 3.33. The number of aryl methyl sites for hydroxylation is 3. The summed E-state index contributed by atoms with van der Waals surface area (Å²) in [4.78, 5) is 0. The van der Waals surface area contributed by atoms with Crippen LogP contribution >= 0.6 is 0 Å². The van der Waals surface area contributed by atoms with Crippen molar-refractivity contribution in [1.29, 1.82) is 0 Å². The smallest absolute Gasteiger partial charge is 0.0825 e. The Bertz CT molecular complexity index is 565. The molecule has 0 unspecified atom stereocenters. The summed E-state index contributed by atoms with van der Waals surface area (Å²) >= 11 is 0. The van der Waals surface area contributed by atoms with Crippen LogP contribution in [-0.2, 0) is 13.1 Å². The molecule has 5 heteroatoms. The molecule has 110 valence electrons. The summed E-state index contributed by atoms with van der Waals surface area (Å²) in [5.41, 5.74) is 4.43. The number of anilines is 1. The molecule has 0 bridgehead atoms. The fourth-order valence-corrected chi connectivity index (χ4v) is 2.25. The number of hydrogen-bond donors (Lipinski definition) is 1. The lowest BCUT2D eigenvalue weighted by atomic mass is 10.3. The lowest BCUT2D eigenvalue weighted by Gasteiger charge is -2.08. The summed E-state index contributed by atoms with van der Waals surface area (Å²) in [5.74, 6) is 0. The van der Waals surface area contributed by atoms with Crippen molar-refractivity contribution in [2.24, 2.45) is 0 Å². The van der Waals surface area contributed by atoms with Gasteiger partial charge >= 0.3 is 0 Å². The van der Waals surface area contributed by atoms with Gasteiger partial charge in [0.2, 0.25) is 0 Å². The molecular weight excluding hydrogens is 250 g/mol. The largest absolute Gasteiger partial charge is 0.377 e. The SMILES string of the molecule is CCCn1nc(C)cc1CNc1cn(C(C)C)nc1C. The van der Waals surface area contributed by atoms with Gasteiger partial charge in [-0.2, -0.15) is 10.2 Å². The maximum absolute atomic E-state index is 4.52. The van der Waals surface area contributed by atoms with Crippen LogP contribution in [0.2, 0.25) is 0 Å². The normalized spacial score (nSPS) is 11.3. The monoisotopic (exact) mass is 275 g/mol. The molecule has 0 aliphatic rings. The minimum Gasteiger partial charge on any atom is -0.377 e. The van der Waals surface area contributed by atoms with Gasteiger partial charge in [0.05, 0.1) is 29.3 Å². The average molecular weight is 275 g/mol. The fraction of sp³-hybridized carbons (Fsp3) is 0.600. The van der Waals surface area contributed by atoms with Crippen LogP contribution in [0.5, 0.6) is 0 Å². The van der Waals surface area contributed by atoms with E-state index in [1.54, 1.807) is 0 Å². The van der Waals surface area contributed by atoms with Gasteiger partial charge in [0.1, 0.15) is 0 Å². The predicted octanol–water partition coefficient (Wildman–Crippen LogP) is 3.30. The van der Waals surface area contributed by atoms with Gasteiger partial charge in [-0.05, 0) is 40.2 Å². The number of aromatic nitrogens is 4. The summed E-state index contributed by atoms with van der Waals surface area (Å²) in [5, 5.41) is 12.5. The minimum absolute atomic E-state index is 0.386. The molecule has 2 heterocycles. The Morgan fingerprint density at radius 2 is 2.00 bits per heavy atom. The van der Waals surface area contributed by atoms with Crippen molar-refractivity contribution in [3.8, 4) is 0 Å². The molecule has 0 aliphatic carbocycles. The van der Waals surface area contributed by atoms with Crippen molar-refractivity contribution in [2.45, 2.75) is 60.2 Å². The Morgan fingerprint density at radius 3 is 2.60 bits per heavy atom. The standard InChI is InChI=1S/C15H25N5/c1-6-7-19-14(8-12(4)17-19)9-16-15-10-20(11(2)3)18-13(15)5/h8,10-11,16H,6-7,9H2,1-5H3. The summed E-state index contributed by atoms with van der Waals surface area (Å²) in [6.07, 6.45) is 3.17. The minimum atomic E-state index is 0.386. The van der Waals surface area contributed by atoms with E-state index in [0.29, 0.717) is 6.04 Å². The molecule has 5 nitrogen and oxygen atoms in total. The van der Waals surface area contributed by atoms with E-state index in [1.807, 2.05) is 18.5 Å². The molecule has 1 N–H and O–H groups in total. The Hall–Kier alpha value is -1.78. The molecule has 0 atom stereocenters. The molecule has 0 aliphatic heterocycles. The first-order valence-electron chi connectivity index (χ1n) is 7.34. The highest BCUT2D eigenvalue weighted by atomic mass is 15.3. The van der Waals surface area contributed by atoms with E-state index < -0.39 is 0 Å². The molecule has 2 aromatic heterocycles. The van der Waals surface area contributed by atoms with E-state index in [4.69, 9.17) is 0 Å². The molecular formula is C15H25N5. The van der Waals surface area contributed by atoms with Crippen LogP contribution in [0.3, 0.4) is 0 Å². The number of rotatable bonds is 6. The van der Waals surface area contributed by atoms with Gasteiger partial charge in [-0.3, -0.25) is 9.36 Å². The molecule has 0 amide bonds. The van der Waals surface area contributed by atoms with Crippen LogP contribution in [-0.4, -0.2) is 19.6 Å². The van der Waals surface area contributed by atoms with Crippen LogP contribution in [0.15, 0.2) is 12.3 Å². The second kappa shape index (κ2) is 6.11. The quantitative estimate of drug-likeness (QED) is 0.880. The van der Waals surface area contributed by atoms with Crippen molar-refractivity contribution in [3.05, 3.63) is 29.3 Å². The van der Waals surface area contributed by atoms with Crippen molar-refractivity contribution in [3.63, 3.8) is 0 Å². The molecule has 0 spiro atoms. The first-order chi connectivity index (χ1) is 9.51. The molecule has 0 radical (unpaired) electrons. The maximum Gasteiger partial charge on any atom is 0.0825 e. The summed E-state index contributed by atoms with van der Waals surface area (Å²) in [7, 11) is 0. The molecule has 20 heavy (non-hydrogen) atoms. The Kier molecular flexibility index (Phi) is 4.47. The van der Waals surface area contributed by atoms with E-state index in [2.05, 4.69) is 53.2 Å². The van der Waals surface area contributed by atoms with Crippen LogP contribution in [0.4, 0.5) is 5.69 Å². The zero-order valence-corrected chi connectivity index (χ0v) is 13.1. The van der Waals surface area contributed by atoms with Gasteiger partial charge in [-0.15, -0.1) is 0 Å². The molecule has 2 rings (SSSR count). The van der Waals surface area contributed by atoms with Gasteiger partial charge in [0.25, 0.3) is 0 Å². The van der Waals surface area contributed by atoms with Crippen molar-refractivity contribution in [2.75, 3.05) is 5.32 Å². The Balaban J connectivity index is 2.08. The molecule has 2 aromatic rings. The van der Waals surface area contributed by atoms with E-state index in [1.165, 1.54) is 5.69 Å². The van der Waals surface area contributed by atoms with Crippen LogP contribution in [0.1, 0.15) is 50.3 Å². The Morgan fingerprint density at radius 1 is 1.25 bits per heavy atom. The number of nitrogens with one attached hydrogen (secondary N) is 1. The van der Waals surface area contributed by atoms with Crippen LogP contribution in [0.25, 0.3) is 0 Å². The second-order valence-electron chi connectivity index (χ2n) is 5.56. The Labute approximate surface area is 121 Å². The first kappa shape index (κ1) is 14.6. The molecule has 0 fully saturated rings. The van der Waals surface area contributed by atoms with Gasteiger partial charge in [0, 0.05) is 18.8 Å². The highest BCUT2D eigenvalue weighted by Crippen LogP contribution is 2.17. The molecule has 0 aromatic carbocycles. The zero-order valence-electron chi connectivity index (χ0n) is 13.1. The van der Waals surface area contributed by atoms with E-state index >= 15 is 0 Å².